The molecule has 0 saturated carbocycles. The average molecular weight is 493 g/mol. The summed E-state index contributed by atoms with van der Waals surface area (Å²) < 4.78 is 16.5. The van der Waals surface area contributed by atoms with E-state index >= 15 is 0 Å². The van der Waals surface area contributed by atoms with Gasteiger partial charge >= 0.3 is 0 Å². The van der Waals surface area contributed by atoms with Crippen LogP contribution in [0.25, 0.3) is 5.76 Å². The van der Waals surface area contributed by atoms with Crippen LogP contribution in [0.5, 0.6) is 11.5 Å². The lowest BCUT2D eigenvalue weighted by Gasteiger charge is -2.29. The van der Waals surface area contributed by atoms with Crippen molar-refractivity contribution in [3.63, 3.8) is 0 Å². The van der Waals surface area contributed by atoms with Gasteiger partial charge in [0.2, 0.25) is 0 Å². The zero-order valence-electron chi connectivity index (χ0n) is 20.7. The van der Waals surface area contributed by atoms with E-state index in [9.17, 15) is 14.7 Å². The van der Waals surface area contributed by atoms with Crippen molar-refractivity contribution in [1.82, 2.24) is 9.80 Å². The Morgan fingerprint density at radius 2 is 1.83 bits per heavy atom. The SMILES string of the molecule is COc1ccc([C@@H]2/C(=C(\O)c3ccc4c(c3)C[C@H](C)O4)C(=O)C(=O)N2CCCN2CCOCC2)cc1. The highest BCUT2D eigenvalue weighted by molar-refractivity contribution is 6.46. The number of ether oxygens (including phenoxy) is 3. The molecule has 0 unspecified atom stereocenters. The first-order valence-electron chi connectivity index (χ1n) is 12.5. The van der Waals surface area contributed by atoms with Gasteiger partial charge in [-0.3, -0.25) is 14.5 Å². The number of aliphatic hydroxyl groups excluding tert-OH is 1. The zero-order chi connectivity index (χ0) is 25.2. The lowest BCUT2D eigenvalue weighted by Crippen LogP contribution is -2.38. The number of carbonyl (C=O) groups excluding carboxylic acids is 2. The minimum absolute atomic E-state index is 0.0636. The van der Waals surface area contributed by atoms with E-state index < -0.39 is 17.7 Å². The van der Waals surface area contributed by atoms with Crippen molar-refractivity contribution >= 4 is 17.4 Å². The maximum absolute atomic E-state index is 13.3. The molecule has 0 bridgehead atoms. The largest absolute Gasteiger partial charge is 0.507 e. The van der Waals surface area contributed by atoms with Gasteiger partial charge in [0, 0.05) is 38.2 Å². The van der Waals surface area contributed by atoms with Crippen molar-refractivity contribution in [2.75, 3.05) is 46.5 Å². The summed E-state index contributed by atoms with van der Waals surface area (Å²) in [6.07, 6.45) is 1.51. The van der Waals surface area contributed by atoms with Crippen molar-refractivity contribution in [2.45, 2.75) is 31.9 Å². The van der Waals surface area contributed by atoms with Gasteiger partial charge in [-0.25, -0.2) is 0 Å². The molecule has 3 heterocycles. The second-order valence-corrected chi connectivity index (χ2v) is 9.53. The second kappa shape index (κ2) is 10.3. The van der Waals surface area contributed by atoms with Crippen LogP contribution in [0.3, 0.4) is 0 Å². The molecule has 8 nitrogen and oxygen atoms in total. The normalized spacial score (nSPS) is 23.6. The highest BCUT2D eigenvalue weighted by Crippen LogP contribution is 2.41. The molecule has 0 aromatic heterocycles. The van der Waals surface area contributed by atoms with Crippen LogP contribution >= 0.6 is 0 Å². The topological polar surface area (TPSA) is 88.5 Å². The molecular weight excluding hydrogens is 460 g/mol. The Labute approximate surface area is 211 Å². The van der Waals surface area contributed by atoms with Crippen LogP contribution in [0.1, 0.15) is 36.1 Å². The monoisotopic (exact) mass is 492 g/mol. The van der Waals surface area contributed by atoms with E-state index in [-0.39, 0.29) is 17.4 Å². The van der Waals surface area contributed by atoms with Crippen molar-refractivity contribution in [2.24, 2.45) is 0 Å². The zero-order valence-corrected chi connectivity index (χ0v) is 20.7. The number of methoxy groups -OCH3 is 1. The molecule has 2 saturated heterocycles. The van der Waals surface area contributed by atoms with E-state index in [1.165, 1.54) is 0 Å². The van der Waals surface area contributed by atoms with E-state index in [1.54, 1.807) is 30.2 Å². The molecule has 0 aliphatic carbocycles. The van der Waals surface area contributed by atoms with Gasteiger partial charge < -0.3 is 24.2 Å². The van der Waals surface area contributed by atoms with Crippen LogP contribution in [-0.2, 0) is 20.7 Å². The summed E-state index contributed by atoms with van der Waals surface area (Å²) in [5.74, 6) is 0.0551. The smallest absolute Gasteiger partial charge is 0.295 e. The highest BCUT2D eigenvalue weighted by Gasteiger charge is 2.46. The number of morpholine rings is 1. The van der Waals surface area contributed by atoms with Gasteiger partial charge in [0.05, 0.1) is 31.9 Å². The summed E-state index contributed by atoms with van der Waals surface area (Å²) in [4.78, 5) is 30.4. The summed E-state index contributed by atoms with van der Waals surface area (Å²) >= 11 is 0. The fourth-order valence-electron chi connectivity index (χ4n) is 5.26. The molecule has 1 N–H and O–H groups in total. The van der Waals surface area contributed by atoms with Gasteiger partial charge in [-0.05, 0) is 54.8 Å². The number of fused-ring (bicyclic) bond motifs is 1. The van der Waals surface area contributed by atoms with Crippen molar-refractivity contribution in [1.29, 1.82) is 0 Å². The van der Waals surface area contributed by atoms with Gasteiger partial charge in [0.1, 0.15) is 23.4 Å². The van der Waals surface area contributed by atoms with Crippen LogP contribution in [0, 0.1) is 0 Å². The van der Waals surface area contributed by atoms with E-state index in [4.69, 9.17) is 14.2 Å². The van der Waals surface area contributed by atoms with E-state index in [0.717, 1.165) is 42.9 Å². The Balaban J connectivity index is 1.48. The van der Waals surface area contributed by atoms with Gasteiger partial charge in [-0.15, -0.1) is 0 Å². The minimum Gasteiger partial charge on any atom is -0.507 e. The Kier molecular flexibility index (Phi) is 6.98. The third-order valence-corrected chi connectivity index (χ3v) is 7.12. The fraction of sp³-hybridized carbons (Fsp3) is 0.429. The van der Waals surface area contributed by atoms with Gasteiger partial charge in [-0.1, -0.05) is 12.1 Å². The lowest BCUT2D eigenvalue weighted by atomic mass is 9.94. The third-order valence-electron chi connectivity index (χ3n) is 7.12. The number of hydrogen-bond donors (Lipinski definition) is 1. The molecule has 2 aromatic rings. The summed E-state index contributed by atoms with van der Waals surface area (Å²) in [6, 6.07) is 12.0. The quantitative estimate of drug-likeness (QED) is 0.361. The van der Waals surface area contributed by atoms with E-state index in [2.05, 4.69) is 4.90 Å². The molecule has 190 valence electrons. The number of benzene rings is 2. The first kappa shape index (κ1) is 24.3. The van der Waals surface area contributed by atoms with E-state index in [1.807, 2.05) is 31.2 Å². The Morgan fingerprint density at radius 1 is 1.08 bits per heavy atom. The first-order chi connectivity index (χ1) is 17.5. The van der Waals surface area contributed by atoms with Crippen LogP contribution in [0.4, 0.5) is 0 Å². The second-order valence-electron chi connectivity index (χ2n) is 9.53. The molecule has 3 aliphatic heterocycles. The number of aliphatic hydroxyl groups is 1. The van der Waals surface area contributed by atoms with Crippen LogP contribution in [-0.4, -0.2) is 79.2 Å². The number of ketones is 1. The molecule has 5 rings (SSSR count). The first-order valence-corrected chi connectivity index (χ1v) is 12.5. The Morgan fingerprint density at radius 3 is 2.56 bits per heavy atom. The van der Waals surface area contributed by atoms with E-state index in [0.29, 0.717) is 37.5 Å². The average Bonchev–Trinajstić information content (AvgIpc) is 3.40. The lowest BCUT2D eigenvalue weighted by molar-refractivity contribution is -0.140. The summed E-state index contributed by atoms with van der Waals surface area (Å²) in [5.41, 5.74) is 2.35. The predicted octanol–water partition coefficient (Wildman–Crippen LogP) is 3.16. The molecule has 1 amide bonds. The van der Waals surface area contributed by atoms with Crippen LogP contribution in [0.15, 0.2) is 48.0 Å². The molecule has 36 heavy (non-hydrogen) atoms. The fourth-order valence-corrected chi connectivity index (χ4v) is 5.26. The van der Waals surface area contributed by atoms with Crippen molar-refractivity contribution in [3.05, 3.63) is 64.7 Å². The summed E-state index contributed by atoms with van der Waals surface area (Å²) in [7, 11) is 1.59. The number of nitrogens with zero attached hydrogens (tertiary/aromatic N) is 2. The number of hydrogen-bond acceptors (Lipinski definition) is 7. The summed E-state index contributed by atoms with van der Waals surface area (Å²) in [6.45, 7) is 6.35. The number of amides is 1. The van der Waals surface area contributed by atoms with Gasteiger partial charge in [0.25, 0.3) is 11.7 Å². The Bertz CT molecular complexity index is 1170. The minimum atomic E-state index is -0.677. The molecule has 3 aliphatic rings. The molecule has 2 atom stereocenters. The van der Waals surface area contributed by atoms with Crippen LogP contribution in [0.2, 0.25) is 0 Å². The maximum atomic E-state index is 13.3. The molecule has 2 aromatic carbocycles. The number of likely N-dealkylation sites (tertiary alicyclic amines) is 1. The summed E-state index contributed by atoms with van der Waals surface area (Å²) in [5, 5.41) is 11.4. The van der Waals surface area contributed by atoms with Crippen molar-refractivity contribution < 1.29 is 28.9 Å². The van der Waals surface area contributed by atoms with Crippen molar-refractivity contribution in [3.8, 4) is 11.5 Å². The molecule has 0 radical (unpaired) electrons. The standard InChI is InChI=1S/C28H32N2O6/c1-18-16-21-17-20(6-9-23(21)36-18)26(31)24-25(19-4-7-22(34-2)8-5-19)30(28(33)27(24)32)11-3-10-29-12-14-35-15-13-29/h4-9,17-18,25,31H,3,10-16H2,1-2H3/b26-24+/t18-,25+/m0/s1. The predicted molar refractivity (Wildman–Crippen MR) is 134 cm³/mol. The highest BCUT2D eigenvalue weighted by atomic mass is 16.5. The van der Waals surface area contributed by atoms with Gasteiger partial charge in [0.15, 0.2) is 0 Å². The number of Topliss-reactive ketones (excluding diaryl/α,β-unsaturated/α-hetero) is 1. The molecule has 2 fully saturated rings. The number of rotatable bonds is 7. The molecule has 8 heteroatoms. The van der Waals surface area contributed by atoms with Crippen LogP contribution < -0.4 is 9.47 Å². The Hall–Kier alpha value is -3.36. The molecular formula is C28H32N2O6. The number of carbonyl (C=O) groups is 2. The maximum Gasteiger partial charge on any atom is 0.295 e. The molecule has 0 spiro atoms. The van der Waals surface area contributed by atoms with Gasteiger partial charge in [-0.2, -0.15) is 0 Å². The third kappa shape index (κ3) is 4.70.